The van der Waals surface area contributed by atoms with Crippen LogP contribution >= 0.6 is 0 Å². The van der Waals surface area contributed by atoms with E-state index in [4.69, 9.17) is 5.26 Å². The largest absolute Gasteiger partial charge is 0.321 e. The molecule has 6 heteroatoms. The van der Waals surface area contributed by atoms with Crippen molar-refractivity contribution in [3.8, 4) is 6.07 Å². The molecule has 0 radical (unpaired) electrons. The molecule has 3 aromatic rings. The highest BCUT2D eigenvalue weighted by Crippen LogP contribution is 2.22. The number of nitrogens with zero attached hydrogens (tertiary/aromatic N) is 2. The maximum Gasteiger partial charge on any atom is 0.274 e. The second-order valence-corrected chi connectivity index (χ2v) is 6.78. The third kappa shape index (κ3) is 4.66. The van der Waals surface area contributed by atoms with Crippen LogP contribution in [0.15, 0.2) is 54.6 Å². The molecule has 0 aliphatic rings. The van der Waals surface area contributed by atoms with Gasteiger partial charge in [0.2, 0.25) is 0 Å². The number of rotatable bonds is 4. The van der Waals surface area contributed by atoms with Gasteiger partial charge in [-0.2, -0.15) is 5.26 Å². The van der Waals surface area contributed by atoms with E-state index >= 15 is 0 Å². The zero-order chi connectivity index (χ0) is 21.0. The average molecular weight is 384 g/mol. The van der Waals surface area contributed by atoms with Crippen LogP contribution in [0.5, 0.6) is 0 Å². The van der Waals surface area contributed by atoms with E-state index in [0.717, 1.165) is 22.4 Å². The van der Waals surface area contributed by atoms with Crippen molar-refractivity contribution in [2.75, 3.05) is 10.6 Å². The summed E-state index contributed by atoms with van der Waals surface area (Å²) in [5.74, 6) is -0.849. The van der Waals surface area contributed by atoms with Crippen molar-refractivity contribution in [3.63, 3.8) is 0 Å². The van der Waals surface area contributed by atoms with Crippen LogP contribution in [-0.2, 0) is 0 Å². The van der Waals surface area contributed by atoms with E-state index in [-0.39, 0.29) is 17.3 Å². The number of benzene rings is 2. The third-order valence-electron chi connectivity index (χ3n) is 4.38. The minimum atomic E-state index is -0.461. The van der Waals surface area contributed by atoms with Gasteiger partial charge < -0.3 is 10.6 Å². The smallest absolute Gasteiger partial charge is 0.274 e. The average Bonchev–Trinajstić information content (AvgIpc) is 2.70. The van der Waals surface area contributed by atoms with Crippen molar-refractivity contribution in [2.24, 2.45) is 0 Å². The van der Waals surface area contributed by atoms with Crippen molar-refractivity contribution in [3.05, 3.63) is 88.2 Å². The Kier molecular flexibility index (Phi) is 5.70. The molecule has 1 aromatic heterocycles. The predicted molar refractivity (Wildman–Crippen MR) is 112 cm³/mol. The van der Waals surface area contributed by atoms with Crippen LogP contribution in [0.25, 0.3) is 0 Å². The van der Waals surface area contributed by atoms with Gasteiger partial charge in [0.05, 0.1) is 11.6 Å². The Morgan fingerprint density at radius 1 is 0.862 bits per heavy atom. The molecule has 0 atom stereocenters. The van der Waals surface area contributed by atoms with Gasteiger partial charge in [-0.05, 0) is 62.2 Å². The van der Waals surface area contributed by atoms with Crippen LogP contribution in [0.4, 0.5) is 11.4 Å². The number of hydrogen-bond donors (Lipinski definition) is 2. The van der Waals surface area contributed by atoms with Crippen molar-refractivity contribution >= 4 is 23.2 Å². The van der Waals surface area contributed by atoms with E-state index in [2.05, 4.69) is 15.6 Å². The summed E-state index contributed by atoms with van der Waals surface area (Å²) in [6.07, 6.45) is 0. The molecule has 144 valence electrons. The highest BCUT2D eigenvalue weighted by molar-refractivity contribution is 6.06. The fourth-order valence-corrected chi connectivity index (χ4v) is 3.10. The van der Waals surface area contributed by atoms with Crippen LogP contribution in [0.3, 0.4) is 0 Å². The second-order valence-electron chi connectivity index (χ2n) is 6.78. The first-order valence-corrected chi connectivity index (χ1v) is 9.05. The highest BCUT2D eigenvalue weighted by atomic mass is 16.2. The Hall–Kier alpha value is -3.98. The summed E-state index contributed by atoms with van der Waals surface area (Å²) in [7, 11) is 0. The molecule has 0 unspecified atom stereocenters. The van der Waals surface area contributed by atoms with Gasteiger partial charge in [0.15, 0.2) is 0 Å². The van der Waals surface area contributed by atoms with Gasteiger partial charge in [-0.3, -0.25) is 9.59 Å². The fourth-order valence-electron chi connectivity index (χ4n) is 3.10. The van der Waals surface area contributed by atoms with Crippen LogP contribution in [0.2, 0.25) is 0 Å². The zero-order valence-corrected chi connectivity index (χ0v) is 16.4. The van der Waals surface area contributed by atoms with E-state index in [9.17, 15) is 9.59 Å². The predicted octanol–water partition coefficient (Wildman–Crippen LogP) is 4.38. The maximum atomic E-state index is 12.7. The van der Waals surface area contributed by atoms with Crippen LogP contribution < -0.4 is 10.6 Å². The summed E-state index contributed by atoms with van der Waals surface area (Å²) < 4.78 is 0. The van der Waals surface area contributed by atoms with Crippen LogP contribution in [0.1, 0.15) is 43.2 Å². The molecule has 3 rings (SSSR count). The number of anilines is 2. The summed E-state index contributed by atoms with van der Waals surface area (Å²) >= 11 is 0. The molecule has 0 fully saturated rings. The first-order chi connectivity index (χ1) is 13.9. The van der Waals surface area contributed by atoms with Gasteiger partial charge in [0.25, 0.3) is 11.8 Å². The molecule has 29 heavy (non-hydrogen) atoms. The minimum Gasteiger partial charge on any atom is -0.321 e. The van der Waals surface area contributed by atoms with Gasteiger partial charge >= 0.3 is 0 Å². The van der Waals surface area contributed by atoms with Gasteiger partial charge in [0.1, 0.15) is 11.4 Å². The van der Waals surface area contributed by atoms with E-state index in [1.807, 2.05) is 39.0 Å². The number of carbonyl (C=O) groups excluding carboxylic acids is 2. The molecule has 2 aromatic carbocycles. The van der Waals surface area contributed by atoms with Crippen molar-refractivity contribution < 1.29 is 9.59 Å². The Morgan fingerprint density at radius 2 is 1.45 bits per heavy atom. The summed E-state index contributed by atoms with van der Waals surface area (Å²) in [5, 5.41) is 14.5. The van der Waals surface area contributed by atoms with E-state index in [1.54, 1.807) is 36.4 Å². The summed E-state index contributed by atoms with van der Waals surface area (Å²) in [6.45, 7) is 5.87. The third-order valence-corrected chi connectivity index (χ3v) is 4.38. The Bertz CT molecular complexity index is 1120. The lowest BCUT2D eigenvalue weighted by molar-refractivity contribution is 0.101. The van der Waals surface area contributed by atoms with Crippen LogP contribution in [-0.4, -0.2) is 16.8 Å². The number of aryl methyl sites for hydroxylation is 3. The number of amides is 2. The maximum absolute atomic E-state index is 12.7. The zero-order valence-electron chi connectivity index (χ0n) is 16.4. The molecular weight excluding hydrogens is 364 g/mol. The van der Waals surface area contributed by atoms with E-state index in [0.29, 0.717) is 11.3 Å². The number of nitriles is 1. The van der Waals surface area contributed by atoms with Crippen LogP contribution in [0, 0.1) is 32.1 Å². The fraction of sp³-hybridized carbons (Fsp3) is 0.130. The van der Waals surface area contributed by atoms with Crippen molar-refractivity contribution in [1.82, 2.24) is 4.98 Å². The topological polar surface area (TPSA) is 94.9 Å². The first kappa shape index (κ1) is 19.8. The highest BCUT2D eigenvalue weighted by Gasteiger charge is 2.15. The number of aromatic nitrogens is 1. The first-order valence-electron chi connectivity index (χ1n) is 9.05. The lowest BCUT2D eigenvalue weighted by atomic mass is 10.0. The molecular formula is C23H20N4O2. The summed E-state index contributed by atoms with van der Waals surface area (Å²) in [4.78, 5) is 29.4. The molecule has 2 amide bonds. The second kappa shape index (κ2) is 8.36. The van der Waals surface area contributed by atoms with Gasteiger partial charge in [-0.25, -0.2) is 4.98 Å². The van der Waals surface area contributed by atoms with E-state index < -0.39 is 5.91 Å². The molecule has 2 N–H and O–H groups in total. The monoisotopic (exact) mass is 384 g/mol. The standard InChI is InChI=1S/C23H20N4O2/c1-14-10-15(2)21(16(3)11-14)27-23(29)20-9-5-8-19(26-20)22(28)25-18-7-4-6-17(12-18)13-24/h4-12H,1-3H3,(H,25,28)(H,27,29). The Morgan fingerprint density at radius 3 is 2.07 bits per heavy atom. The summed E-state index contributed by atoms with van der Waals surface area (Å²) in [6, 6.07) is 17.3. The van der Waals surface area contributed by atoms with Gasteiger partial charge in [0, 0.05) is 11.4 Å². The Balaban J connectivity index is 1.79. The number of hydrogen-bond acceptors (Lipinski definition) is 4. The SMILES string of the molecule is Cc1cc(C)c(NC(=O)c2cccc(C(=O)Nc3cccc(C#N)c3)n2)c(C)c1. The lowest BCUT2D eigenvalue weighted by Crippen LogP contribution is -2.19. The van der Waals surface area contributed by atoms with Gasteiger partial charge in [-0.15, -0.1) is 0 Å². The molecule has 1 heterocycles. The number of carbonyl (C=O) groups is 2. The summed E-state index contributed by atoms with van der Waals surface area (Å²) in [5.41, 5.74) is 4.95. The molecule has 0 bridgehead atoms. The molecule has 0 aliphatic heterocycles. The molecule has 0 aliphatic carbocycles. The lowest BCUT2D eigenvalue weighted by Gasteiger charge is -2.13. The minimum absolute atomic E-state index is 0.109. The number of nitrogens with one attached hydrogen (secondary N) is 2. The van der Waals surface area contributed by atoms with E-state index in [1.165, 1.54) is 6.07 Å². The normalized spacial score (nSPS) is 10.1. The van der Waals surface area contributed by atoms with Crippen molar-refractivity contribution in [2.45, 2.75) is 20.8 Å². The molecule has 6 nitrogen and oxygen atoms in total. The molecule has 0 saturated carbocycles. The molecule has 0 saturated heterocycles. The number of pyridine rings is 1. The van der Waals surface area contributed by atoms with Gasteiger partial charge in [-0.1, -0.05) is 29.8 Å². The quantitative estimate of drug-likeness (QED) is 0.698. The van der Waals surface area contributed by atoms with Crippen molar-refractivity contribution in [1.29, 1.82) is 5.26 Å². The Labute approximate surface area is 169 Å². The molecule has 0 spiro atoms.